The molecule has 2 heteroatoms. The molecule has 0 aromatic rings. The van der Waals surface area contributed by atoms with E-state index >= 15 is 0 Å². The average Bonchev–Trinajstić information content (AvgIpc) is 1.85. The van der Waals surface area contributed by atoms with Gasteiger partial charge in [-0.3, -0.25) is 0 Å². The van der Waals surface area contributed by atoms with E-state index in [4.69, 9.17) is 11.5 Å². The van der Waals surface area contributed by atoms with Gasteiger partial charge in [0, 0.05) is 6.04 Å². The Morgan fingerprint density at radius 3 is 2.10 bits per heavy atom. The molecule has 0 bridgehead atoms. The number of rotatable bonds is 5. The average molecular weight is 144 g/mol. The molecule has 0 radical (unpaired) electrons. The Hall–Kier alpha value is -0.0800. The van der Waals surface area contributed by atoms with Crippen LogP contribution in [0.15, 0.2) is 0 Å². The van der Waals surface area contributed by atoms with Gasteiger partial charge in [0.15, 0.2) is 0 Å². The van der Waals surface area contributed by atoms with Gasteiger partial charge in [-0.05, 0) is 31.7 Å². The lowest BCUT2D eigenvalue weighted by Gasteiger charge is -2.10. The summed E-state index contributed by atoms with van der Waals surface area (Å²) in [6.07, 6.45) is 3.31. The van der Waals surface area contributed by atoms with Crippen LogP contribution in [0, 0.1) is 5.92 Å². The maximum absolute atomic E-state index is 5.75. The minimum Gasteiger partial charge on any atom is -0.330 e. The third kappa shape index (κ3) is 6.05. The van der Waals surface area contributed by atoms with Crippen molar-refractivity contribution in [1.82, 2.24) is 0 Å². The molecule has 0 spiro atoms. The Kier molecular flexibility index (Phi) is 5.64. The van der Waals surface area contributed by atoms with Gasteiger partial charge in [-0.15, -0.1) is 0 Å². The Labute approximate surface area is 64.0 Å². The van der Waals surface area contributed by atoms with E-state index < -0.39 is 0 Å². The minimum absolute atomic E-state index is 0.326. The molecule has 0 fully saturated rings. The molecule has 0 saturated carbocycles. The van der Waals surface area contributed by atoms with Crippen LogP contribution in [0.3, 0.4) is 0 Å². The van der Waals surface area contributed by atoms with Crippen LogP contribution in [-0.4, -0.2) is 12.6 Å². The third-order valence-electron chi connectivity index (χ3n) is 1.65. The van der Waals surface area contributed by atoms with E-state index in [0.29, 0.717) is 6.04 Å². The first-order valence-corrected chi connectivity index (χ1v) is 4.12. The second kappa shape index (κ2) is 5.69. The molecule has 0 aliphatic heterocycles. The fraction of sp³-hybridized carbons (Fsp3) is 1.00. The highest BCUT2D eigenvalue weighted by Gasteiger charge is 2.01. The predicted octanol–water partition coefficient (Wildman–Crippen LogP) is 1.10. The summed E-state index contributed by atoms with van der Waals surface area (Å²) in [6.45, 7) is 5.16. The molecule has 0 aliphatic carbocycles. The summed E-state index contributed by atoms with van der Waals surface area (Å²) in [5, 5.41) is 0. The second-order valence-corrected chi connectivity index (χ2v) is 3.31. The van der Waals surface area contributed by atoms with Gasteiger partial charge in [0.1, 0.15) is 0 Å². The fourth-order valence-corrected chi connectivity index (χ4v) is 0.906. The Bertz CT molecular complexity index is 71.7. The lowest BCUT2D eigenvalue weighted by atomic mass is 10.0. The Balaban J connectivity index is 3.12. The first-order chi connectivity index (χ1) is 4.66. The quantitative estimate of drug-likeness (QED) is 0.607. The summed E-state index contributed by atoms with van der Waals surface area (Å²) in [5.74, 6) is 0.767. The van der Waals surface area contributed by atoms with Gasteiger partial charge < -0.3 is 11.5 Å². The second-order valence-electron chi connectivity index (χ2n) is 3.31. The van der Waals surface area contributed by atoms with Gasteiger partial charge in [0.25, 0.3) is 0 Å². The van der Waals surface area contributed by atoms with Crippen LogP contribution in [0.4, 0.5) is 0 Å². The van der Waals surface area contributed by atoms with Crippen molar-refractivity contribution < 1.29 is 0 Å². The van der Waals surface area contributed by atoms with E-state index in [-0.39, 0.29) is 0 Å². The topological polar surface area (TPSA) is 52.0 Å². The van der Waals surface area contributed by atoms with Crippen molar-refractivity contribution in [2.45, 2.75) is 39.2 Å². The molecule has 0 rings (SSSR count). The van der Waals surface area contributed by atoms with Gasteiger partial charge in [-0.25, -0.2) is 0 Å². The molecule has 10 heavy (non-hydrogen) atoms. The molecule has 62 valence electrons. The predicted molar refractivity (Wildman–Crippen MR) is 45.7 cm³/mol. The van der Waals surface area contributed by atoms with Crippen LogP contribution in [-0.2, 0) is 0 Å². The van der Waals surface area contributed by atoms with E-state index in [1.54, 1.807) is 0 Å². The van der Waals surface area contributed by atoms with Gasteiger partial charge in [-0.2, -0.15) is 0 Å². The van der Waals surface area contributed by atoms with E-state index in [0.717, 1.165) is 25.3 Å². The van der Waals surface area contributed by atoms with Crippen molar-refractivity contribution in [1.29, 1.82) is 0 Å². The molecule has 0 aliphatic rings. The summed E-state index contributed by atoms with van der Waals surface area (Å²) in [4.78, 5) is 0. The zero-order valence-electron chi connectivity index (χ0n) is 7.14. The first-order valence-electron chi connectivity index (χ1n) is 4.12. The smallest absolute Gasteiger partial charge is 0.00509 e. The summed E-state index contributed by atoms with van der Waals surface area (Å²) in [7, 11) is 0. The van der Waals surface area contributed by atoms with Crippen LogP contribution in [0.5, 0.6) is 0 Å². The van der Waals surface area contributed by atoms with E-state index in [1.807, 2.05) is 0 Å². The lowest BCUT2D eigenvalue weighted by Crippen LogP contribution is -2.23. The zero-order valence-corrected chi connectivity index (χ0v) is 7.14. The summed E-state index contributed by atoms with van der Waals surface area (Å²) in [5.41, 5.74) is 11.1. The standard InChI is InChI=1S/C8H20N2/c1-7(2)3-4-8(10)5-6-9/h7-8H,3-6,9-10H2,1-2H3/t8-/m0/s1. The van der Waals surface area contributed by atoms with Gasteiger partial charge in [-0.1, -0.05) is 13.8 Å². The van der Waals surface area contributed by atoms with E-state index in [1.165, 1.54) is 6.42 Å². The van der Waals surface area contributed by atoms with Crippen molar-refractivity contribution in [3.63, 3.8) is 0 Å². The summed E-state index contributed by atoms with van der Waals surface area (Å²) < 4.78 is 0. The number of nitrogens with two attached hydrogens (primary N) is 2. The van der Waals surface area contributed by atoms with Crippen molar-refractivity contribution in [2.75, 3.05) is 6.54 Å². The van der Waals surface area contributed by atoms with Gasteiger partial charge in [0.05, 0.1) is 0 Å². The van der Waals surface area contributed by atoms with E-state index in [9.17, 15) is 0 Å². The molecule has 0 aromatic heterocycles. The molecule has 0 aromatic carbocycles. The fourth-order valence-electron chi connectivity index (χ4n) is 0.906. The molecular formula is C8H20N2. The van der Waals surface area contributed by atoms with Crippen LogP contribution < -0.4 is 11.5 Å². The SMILES string of the molecule is CC(C)CC[C@H](N)CCN. The first kappa shape index (κ1) is 9.92. The molecule has 4 N–H and O–H groups in total. The van der Waals surface area contributed by atoms with Crippen LogP contribution in [0.2, 0.25) is 0 Å². The molecule has 0 amide bonds. The molecular weight excluding hydrogens is 124 g/mol. The molecule has 2 nitrogen and oxygen atoms in total. The molecule has 0 saturated heterocycles. The molecule has 0 heterocycles. The lowest BCUT2D eigenvalue weighted by molar-refractivity contribution is 0.482. The van der Waals surface area contributed by atoms with Crippen LogP contribution >= 0.6 is 0 Å². The summed E-state index contributed by atoms with van der Waals surface area (Å²) >= 11 is 0. The normalized spacial score (nSPS) is 14.1. The maximum Gasteiger partial charge on any atom is 0.00509 e. The van der Waals surface area contributed by atoms with Crippen molar-refractivity contribution in [3.05, 3.63) is 0 Å². The summed E-state index contributed by atoms with van der Waals surface area (Å²) in [6, 6.07) is 0.326. The highest BCUT2D eigenvalue weighted by molar-refractivity contribution is 4.62. The molecule has 0 unspecified atom stereocenters. The zero-order chi connectivity index (χ0) is 7.98. The monoisotopic (exact) mass is 144 g/mol. The Morgan fingerprint density at radius 2 is 1.70 bits per heavy atom. The van der Waals surface area contributed by atoms with E-state index in [2.05, 4.69) is 13.8 Å². The van der Waals surface area contributed by atoms with Crippen molar-refractivity contribution >= 4 is 0 Å². The molecule has 1 atom stereocenters. The minimum atomic E-state index is 0.326. The van der Waals surface area contributed by atoms with Gasteiger partial charge in [0.2, 0.25) is 0 Å². The number of hydrogen-bond acceptors (Lipinski definition) is 2. The van der Waals surface area contributed by atoms with Crippen molar-refractivity contribution in [3.8, 4) is 0 Å². The van der Waals surface area contributed by atoms with Crippen molar-refractivity contribution in [2.24, 2.45) is 17.4 Å². The maximum atomic E-state index is 5.75. The third-order valence-corrected chi connectivity index (χ3v) is 1.65. The largest absolute Gasteiger partial charge is 0.330 e. The van der Waals surface area contributed by atoms with Crippen LogP contribution in [0.1, 0.15) is 33.1 Å². The Morgan fingerprint density at radius 1 is 1.10 bits per heavy atom. The van der Waals surface area contributed by atoms with Crippen LogP contribution in [0.25, 0.3) is 0 Å². The van der Waals surface area contributed by atoms with Gasteiger partial charge >= 0.3 is 0 Å². The highest BCUT2D eigenvalue weighted by atomic mass is 14.6. The highest BCUT2D eigenvalue weighted by Crippen LogP contribution is 2.06. The number of hydrogen-bond donors (Lipinski definition) is 2.